The predicted molar refractivity (Wildman–Crippen MR) is 99.5 cm³/mol. The Labute approximate surface area is 157 Å². The maximum absolute atomic E-state index is 12.6. The molecule has 0 bridgehead atoms. The molecule has 9 nitrogen and oxygen atoms in total. The van der Waals surface area contributed by atoms with E-state index in [0.717, 1.165) is 19.1 Å². The molecule has 2 atom stereocenters. The molecule has 0 aromatic heterocycles. The van der Waals surface area contributed by atoms with Crippen molar-refractivity contribution in [2.24, 2.45) is 11.3 Å². The molecule has 0 spiro atoms. The molecule has 0 unspecified atom stereocenters. The number of carbonyl (C=O) groups excluding carboxylic acids is 1. The van der Waals surface area contributed by atoms with Crippen LogP contribution in [0.3, 0.4) is 0 Å². The van der Waals surface area contributed by atoms with E-state index < -0.39 is 27.4 Å². The van der Waals surface area contributed by atoms with Gasteiger partial charge in [-0.05, 0) is 37.0 Å². The molecular weight excluding hydrogens is 374 g/mol. The van der Waals surface area contributed by atoms with Crippen molar-refractivity contribution in [3.8, 4) is 5.75 Å². The highest BCUT2D eigenvalue weighted by Crippen LogP contribution is 2.49. The van der Waals surface area contributed by atoms with Gasteiger partial charge in [0, 0.05) is 18.8 Å². The molecule has 3 rings (SSSR count). The van der Waals surface area contributed by atoms with Gasteiger partial charge in [0.05, 0.1) is 24.5 Å². The molecule has 1 saturated heterocycles. The Morgan fingerprint density at radius 1 is 1.37 bits per heavy atom. The van der Waals surface area contributed by atoms with Crippen molar-refractivity contribution in [2.45, 2.75) is 19.3 Å². The zero-order valence-electron chi connectivity index (χ0n) is 15.2. The fourth-order valence-corrected chi connectivity index (χ4v) is 4.62. The summed E-state index contributed by atoms with van der Waals surface area (Å²) >= 11 is 0. The van der Waals surface area contributed by atoms with Crippen LogP contribution in [-0.2, 0) is 14.8 Å². The first-order valence-electron chi connectivity index (χ1n) is 8.60. The lowest BCUT2D eigenvalue weighted by atomic mass is 9.81. The number of urea groups is 1. The third-order valence-electron chi connectivity index (χ3n) is 5.33. The van der Waals surface area contributed by atoms with Gasteiger partial charge in [-0.25, -0.2) is 13.2 Å². The second-order valence-electron chi connectivity index (χ2n) is 7.15. The average molecular weight is 397 g/mol. The normalized spacial score (nSPS) is 24.4. The average Bonchev–Trinajstić information content (AvgIpc) is 3.11. The zero-order chi connectivity index (χ0) is 19.8. The summed E-state index contributed by atoms with van der Waals surface area (Å²) in [6, 6.07) is 4.19. The molecule has 0 radical (unpaired) electrons. The largest absolute Gasteiger partial charge is 0.495 e. The number of carboxylic acids is 1. The molecule has 2 fully saturated rings. The summed E-state index contributed by atoms with van der Waals surface area (Å²) in [5.74, 6) is -0.553. The summed E-state index contributed by atoms with van der Waals surface area (Å²) < 4.78 is 30.5. The van der Waals surface area contributed by atoms with Crippen molar-refractivity contribution < 1.29 is 27.9 Å². The second-order valence-corrected chi connectivity index (χ2v) is 8.90. The lowest BCUT2D eigenvalue weighted by molar-refractivity contribution is -0.149. The van der Waals surface area contributed by atoms with Gasteiger partial charge < -0.3 is 20.1 Å². The summed E-state index contributed by atoms with van der Waals surface area (Å²) in [5.41, 5.74) is -0.258. The van der Waals surface area contributed by atoms with Gasteiger partial charge in [-0.1, -0.05) is 6.42 Å². The highest BCUT2D eigenvalue weighted by molar-refractivity contribution is 7.92. The number of fused-ring (bicyclic) bond motifs is 1. The number of amides is 2. The third-order valence-corrected chi connectivity index (χ3v) is 5.92. The molecule has 27 heavy (non-hydrogen) atoms. The molecule has 1 aromatic rings. The van der Waals surface area contributed by atoms with E-state index in [2.05, 4.69) is 10.0 Å². The topological polar surface area (TPSA) is 125 Å². The van der Waals surface area contributed by atoms with Crippen molar-refractivity contribution in [1.82, 2.24) is 4.90 Å². The number of sulfonamides is 1. The van der Waals surface area contributed by atoms with E-state index >= 15 is 0 Å². The van der Waals surface area contributed by atoms with Crippen LogP contribution in [-0.4, -0.2) is 56.9 Å². The van der Waals surface area contributed by atoms with E-state index in [1.54, 1.807) is 12.1 Å². The number of aliphatic carboxylic acids is 1. The molecule has 10 heteroatoms. The molecule has 1 heterocycles. The van der Waals surface area contributed by atoms with Crippen LogP contribution in [0.25, 0.3) is 0 Å². The first-order chi connectivity index (χ1) is 12.6. The lowest BCUT2D eigenvalue weighted by Gasteiger charge is -2.23. The maximum Gasteiger partial charge on any atom is 0.321 e. The van der Waals surface area contributed by atoms with Gasteiger partial charge in [-0.15, -0.1) is 0 Å². The number of methoxy groups -OCH3 is 1. The molecule has 148 valence electrons. The molecule has 1 saturated carbocycles. The summed E-state index contributed by atoms with van der Waals surface area (Å²) in [5, 5.41) is 12.3. The first kappa shape index (κ1) is 19.3. The van der Waals surface area contributed by atoms with E-state index in [4.69, 9.17) is 4.74 Å². The molecular formula is C17H23N3O6S. The quantitative estimate of drug-likeness (QED) is 0.696. The lowest BCUT2D eigenvalue weighted by Crippen LogP contribution is -2.38. The number of carbonyl (C=O) groups is 2. The number of hydrogen-bond acceptors (Lipinski definition) is 5. The Hall–Kier alpha value is -2.49. The predicted octanol–water partition coefficient (Wildman–Crippen LogP) is 1.79. The van der Waals surface area contributed by atoms with Crippen LogP contribution in [0.4, 0.5) is 16.2 Å². The number of ether oxygens (including phenoxy) is 1. The van der Waals surface area contributed by atoms with Crippen molar-refractivity contribution in [1.29, 1.82) is 0 Å². The fraction of sp³-hybridized carbons (Fsp3) is 0.529. The Morgan fingerprint density at radius 2 is 2.11 bits per heavy atom. The van der Waals surface area contributed by atoms with Crippen molar-refractivity contribution in [3.05, 3.63) is 18.2 Å². The SMILES string of the molecule is COc1ccc(NC(=O)N2C[C@@H]3CCC[C@@]3(C(=O)O)C2)cc1NS(C)(=O)=O. The Morgan fingerprint density at radius 3 is 2.70 bits per heavy atom. The number of likely N-dealkylation sites (tertiary alicyclic amines) is 1. The van der Waals surface area contributed by atoms with Gasteiger partial charge in [0.2, 0.25) is 10.0 Å². The van der Waals surface area contributed by atoms with Crippen LogP contribution < -0.4 is 14.8 Å². The van der Waals surface area contributed by atoms with Gasteiger partial charge in [-0.3, -0.25) is 9.52 Å². The summed E-state index contributed by atoms with van der Waals surface area (Å²) in [6.07, 6.45) is 3.28. The van der Waals surface area contributed by atoms with Gasteiger partial charge in [0.15, 0.2) is 0 Å². The second kappa shape index (κ2) is 6.91. The van der Waals surface area contributed by atoms with Crippen molar-refractivity contribution in [3.63, 3.8) is 0 Å². The fourth-order valence-electron chi connectivity index (χ4n) is 4.06. The van der Waals surface area contributed by atoms with E-state index in [1.165, 1.54) is 18.1 Å². The van der Waals surface area contributed by atoms with Crippen LogP contribution >= 0.6 is 0 Å². The van der Waals surface area contributed by atoms with Crippen LogP contribution in [0, 0.1) is 11.3 Å². The monoisotopic (exact) mass is 397 g/mol. The first-order valence-corrected chi connectivity index (χ1v) is 10.5. The van der Waals surface area contributed by atoms with Crippen LogP contribution in [0.1, 0.15) is 19.3 Å². The van der Waals surface area contributed by atoms with E-state index in [9.17, 15) is 23.1 Å². The number of nitrogens with zero attached hydrogens (tertiary/aromatic N) is 1. The van der Waals surface area contributed by atoms with Gasteiger partial charge >= 0.3 is 12.0 Å². The maximum atomic E-state index is 12.6. The molecule has 2 amide bonds. The van der Waals surface area contributed by atoms with Gasteiger partial charge in [0.25, 0.3) is 0 Å². The number of hydrogen-bond donors (Lipinski definition) is 3. The van der Waals surface area contributed by atoms with Gasteiger partial charge in [0.1, 0.15) is 5.75 Å². The summed E-state index contributed by atoms with van der Waals surface area (Å²) in [4.78, 5) is 25.9. The standard InChI is InChI=1S/C17H23N3O6S/c1-26-14-6-5-12(8-13(14)19-27(2,24)25)18-16(23)20-9-11-4-3-7-17(11,10-20)15(21)22/h5-6,8,11,19H,3-4,7,9-10H2,1-2H3,(H,18,23)(H,21,22)/t11-,17+/m0/s1. The van der Waals surface area contributed by atoms with E-state index in [1.807, 2.05) is 0 Å². The van der Waals surface area contributed by atoms with Crippen LogP contribution in [0.15, 0.2) is 18.2 Å². The molecule has 2 aliphatic rings. The minimum atomic E-state index is -3.52. The number of nitrogens with one attached hydrogen (secondary N) is 2. The Bertz CT molecular complexity index is 871. The smallest absolute Gasteiger partial charge is 0.321 e. The number of benzene rings is 1. The van der Waals surface area contributed by atoms with Crippen LogP contribution in [0.2, 0.25) is 0 Å². The number of carboxylic acid groups (broad SMARTS) is 1. The van der Waals surface area contributed by atoms with Gasteiger partial charge in [-0.2, -0.15) is 0 Å². The third kappa shape index (κ3) is 3.80. The summed E-state index contributed by atoms with van der Waals surface area (Å²) in [7, 11) is -2.10. The molecule has 1 aliphatic carbocycles. The molecule has 3 N–H and O–H groups in total. The van der Waals surface area contributed by atoms with Crippen LogP contribution in [0.5, 0.6) is 5.75 Å². The Balaban J connectivity index is 1.75. The van der Waals surface area contributed by atoms with E-state index in [-0.39, 0.29) is 18.2 Å². The Kier molecular flexibility index (Phi) is 4.94. The van der Waals surface area contributed by atoms with Crippen molar-refractivity contribution in [2.75, 3.05) is 36.5 Å². The minimum absolute atomic E-state index is 0.0286. The highest BCUT2D eigenvalue weighted by Gasteiger charge is 2.55. The highest BCUT2D eigenvalue weighted by atomic mass is 32.2. The number of anilines is 2. The zero-order valence-corrected chi connectivity index (χ0v) is 16.0. The van der Waals surface area contributed by atoms with E-state index in [0.29, 0.717) is 24.4 Å². The number of rotatable bonds is 5. The molecule has 1 aromatic carbocycles. The minimum Gasteiger partial charge on any atom is -0.495 e. The summed E-state index contributed by atoms with van der Waals surface area (Å²) in [6.45, 7) is 0.589. The molecule has 1 aliphatic heterocycles. The van der Waals surface area contributed by atoms with Crippen molar-refractivity contribution >= 4 is 33.4 Å².